The van der Waals surface area contributed by atoms with Gasteiger partial charge in [0.15, 0.2) is 0 Å². The monoisotopic (exact) mass is 798 g/mol. The normalized spacial score (nSPS) is 11.5. The van der Waals surface area contributed by atoms with Gasteiger partial charge in [0, 0.05) is 32.0 Å². The van der Waals surface area contributed by atoms with Gasteiger partial charge in [-0.1, -0.05) is 205 Å². The zero-order valence-electron chi connectivity index (χ0n) is 38.2. The zero-order valence-corrected chi connectivity index (χ0v) is 38.2. The summed E-state index contributed by atoms with van der Waals surface area (Å²) in [4.78, 5) is 27.9. The average Bonchev–Trinajstić information content (AvgIpc) is 3.22. The van der Waals surface area contributed by atoms with Crippen molar-refractivity contribution in [3.05, 3.63) is 35.9 Å². The molecular formula is C51H95N3O3. The number of nitrogens with one attached hydrogen (secondary N) is 2. The first kappa shape index (κ1) is 53.1. The van der Waals surface area contributed by atoms with E-state index >= 15 is 0 Å². The lowest BCUT2D eigenvalue weighted by atomic mass is 9.99. The van der Waals surface area contributed by atoms with Crippen molar-refractivity contribution >= 4 is 11.8 Å². The predicted molar refractivity (Wildman–Crippen MR) is 247 cm³/mol. The molecule has 1 aromatic rings. The van der Waals surface area contributed by atoms with E-state index in [1.54, 1.807) is 0 Å². The fourth-order valence-electron chi connectivity index (χ4n) is 7.92. The third-order valence-corrected chi connectivity index (χ3v) is 11.7. The van der Waals surface area contributed by atoms with Crippen molar-refractivity contribution in [2.45, 2.75) is 245 Å². The minimum Gasteiger partial charge on any atom is -0.375 e. The molecule has 0 saturated heterocycles. The molecule has 0 bridgehead atoms. The van der Waals surface area contributed by atoms with Crippen LogP contribution in [0.15, 0.2) is 30.3 Å². The first-order valence-electron chi connectivity index (χ1n) is 25.0. The number of benzene rings is 1. The number of hydrogen-bond donors (Lipinski definition) is 2. The second kappa shape index (κ2) is 42.2. The summed E-state index contributed by atoms with van der Waals surface area (Å²) in [5, 5.41) is 6.60. The molecule has 6 heteroatoms. The van der Waals surface area contributed by atoms with Crippen molar-refractivity contribution in [2.75, 3.05) is 32.8 Å². The van der Waals surface area contributed by atoms with Gasteiger partial charge < -0.3 is 20.3 Å². The highest BCUT2D eigenvalue weighted by Gasteiger charge is 2.13. The summed E-state index contributed by atoms with van der Waals surface area (Å²) >= 11 is 0. The van der Waals surface area contributed by atoms with Crippen LogP contribution in [-0.2, 0) is 20.9 Å². The minimum atomic E-state index is 0.222. The lowest BCUT2D eigenvalue weighted by Gasteiger charge is -2.22. The maximum absolute atomic E-state index is 13.0. The molecule has 6 nitrogen and oxygen atoms in total. The topological polar surface area (TPSA) is 70.7 Å². The van der Waals surface area contributed by atoms with E-state index in [0.29, 0.717) is 25.5 Å². The predicted octanol–water partition coefficient (Wildman–Crippen LogP) is 14.0. The third-order valence-electron chi connectivity index (χ3n) is 11.7. The number of hydrogen-bond acceptors (Lipinski definition) is 4. The molecule has 0 aliphatic rings. The van der Waals surface area contributed by atoms with Gasteiger partial charge in [-0.15, -0.1) is 0 Å². The molecule has 0 fully saturated rings. The molecule has 0 atom stereocenters. The maximum Gasteiger partial charge on any atom is 0.220 e. The Kier molecular flexibility index (Phi) is 39.3. The van der Waals surface area contributed by atoms with Crippen LogP contribution < -0.4 is 10.6 Å². The fraction of sp³-hybridized carbons (Fsp3) is 0.843. The standard InChI is InChI=1S/C51H95N3O3/c1-4-7-10-13-16-17-18-23-33-42-52-50(55)40-32-26-35-44-54(45-46-57-47-48-36-27-25-28-37-48)43-34-24-19-22-31-41-51(56)53-49(38-29-20-14-11-8-5-2)39-30-21-15-12-9-6-3/h25,27-28,36-37,49H,4-24,26,29-35,38-47H2,1-3H3,(H,52,55)(H,53,56). The molecular weight excluding hydrogens is 703 g/mol. The second-order valence-corrected chi connectivity index (χ2v) is 17.3. The molecule has 0 aromatic heterocycles. The van der Waals surface area contributed by atoms with Crippen LogP contribution >= 0.6 is 0 Å². The number of amides is 2. The van der Waals surface area contributed by atoms with Crippen LogP contribution in [-0.4, -0.2) is 55.5 Å². The van der Waals surface area contributed by atoms with E-state index < -0.39 is 0 Å². The Morgan fingerprint density at radius 3 is 1.49 bits per heavy atom. The van der Waals surface area contributed by atoms with Gasteiger partial charge in [0.2, 0.25) is 11.8 Å². The number of unbranched alkanes of at least 4 members (excludes halogenated alkanes) is 24. The summed E-state index contributed by atoms with van der Waals surface area (Å²) in [6, 6.07) is 10.8. The molecule has 1 aromatic carbocycles. The summed E-state index contributed by atoms with van der Waals surface area (Å²) in [6.07, 6.45) is 40.1. The van der Waals surface area contributed by atoms with Gasteiger partial charge in [-0.25, -0.2) is 0 Å². The number of carbonyl (C=O) groups is 2. The van der Waals surface area contributed by atoms with Crippen LogP contribution in [0.2, 0.25) is 0 Å². The highest BCUT2D eigenvalue weighted by molar-refractivity contribution is 5.76. The van der Waals surface area contributed by atoms with Crippen molar-refractivity contribution in [3.8, 4) is 0 Å². The summed E-state index contributed by atoms with van der Waals surface area (Å²) in [7, 11) is 0. The van der Waals surface area contributed by atoms with E-state index in [1.807, 2.05) is 6.07 Å². The second-order valence-electron chi connectivity index (χ2n) is 17.3. The Bertz CT molecular complexity index is 973. The molecule has 0 heterocycles. The van der Waals surface area contributed by atoms with Gasteiger partial charge in [-0.2, -0.15) is 0 Å². The van der Waals surface area contributed by atoms with Gasteiger partial charge in [0.05, 0.1) is 13.2 Å². The quantitative estimate of drug-likeness (QED) is 0.0645. The van der Waals surface area contributed by atoms with E-state index in [-0.39, 0.29) is 11.8 Å². The maximum atomic E-state index is 13.0. The molecule has 0 aliphatic heterocycles. The molecule has 0 spiro atoms. The van der Waals surface area contributed by atoms with Crippen LogP contribution in [0.5, 0.6) is 0 Å². The summed E-state index contributed by atoms with van der Waals surface area (Å²) in [5.74, 6) is 0.495. The fourth-order valence-corrected chi connectivity index (χ4v) is 7.92. The molecule has 0 aliphatic carbocycles. The number of rotatable bonds is 44. The number of ether oxygens (including phenoxy) is 1. The molecule has 0 radical (unpaired) electrons. The SMILES string of the molecule is CCCCCCCCCCCNC(=O)CCCCCN(CCCCCCCC(=O)NC(CCCCCCCC)CCCCCCCC)CCOCc1ccccc1. The van der Waals surface area contributed by atoms with Crippen molar-refractivity contribution in [3.63, 3.8) is 0 Å². The lowest BCUT2D eigenvalue weighted by molar-refractivity contribution is -0.122. The van der Waals surface area contributed by atoms with Crippen molar-refractivity contribution in [2.24, 2.45) is 0 Å². The summed E-state index contributed by atoms with van der Waals surface area (Å²) < 4.78 is 6.06. The van der Waals surface area contributed by atoms with Crippen LogP contribution in [0, 0.1) is 0 Å². The van der Waals surface area contributed by atoms with Gasteiger partial charge >= 0.3 is 0 Å². The summed E-state index contributed by atoms with van der Waals surface area (Å²) in [5.41, 5.74) is 1.22. The Balaban J connectivity index is 2.30. The number of carbonyl (C=O) groups excluding carboxylic acids is 2. The Morgan fingerprint density at radius 1 is 0.509 bits per heavy atom. The van der Waals surface area contributed by atoms with E-state index in [4.69, 9.17) is 4.74 Å². The molecule has 2 N–H and O–H groups in total. The van der Waals surface area contributed by atoms with Gasteiger partial charge in [0.1, 0.15) is 0 Å². The first-order valence-corrected chi connectivity index (χ1v) is 25.0. The van der Waals surface area contributed by atoms with E-state index in [1.165, 1.54) is 153 Å². The Labute approximate surface area is 354 Å². The van der Waals surface area contributed by atoms with Gasteiger partial charge in [0.25, 0.3) is 0 Å². The average molecular weight is 798 g/mol. The van der Waals surface area contributed by atoms with Crippen molar-refractivity contribution in [1.82, 2.24) is 15.5 Å². The molecule has 0 saturated carbocycles. The van der Waals surface area contributed by atoms with Crippen LogP contribution in [0.3, 0.4) is 0 Å². The largest absolute Gasteiger partial charge is 0.375 e. The van der Waals surface area contributed by atoms with Crippen LogP contribution in [0.4, 0.5) is 0 Å². The zero-order chi connectivity index (χ0) is 41.1. The van der Waals surface area contributed by atoms with Crippen LogP contribution in [0.1, 0.15) is 238 Å². The highest BCUT2D eigenvalue weighted by atomic mass is 16.5. The lowest BCUT2D eigenvalue weighted by Crippen LogP contribution is -2.34. The Hall–Kier alpha value is -1.92. The highest BCUT2D eigenvalue weighted by Crippen LogP contribution is 2.16. The molecule has 0 unspecified atom stereocenters. The molecule has 1 rings (SSSR count). The van der Waals surface area contributed by atoms with E-state index in [0.717, 1.165) is 84.2 Å². The minimum absolute atomic E-state index is 0.222. The number of nitrogens with zero attached hydrogens (tertiary/aromatic N) is 1. The molecule has 2 amide bonds. The third kappa shape index (κ3) is 36.9. The molecule has 57 heavy (non-hydrogen) atoms. The Morgan fingerprint density at radius 2 is 0.947 bits per heavy atom. The van der Waals surface area contributed by atoms with Gasteiger partial charge in [-0.3, -0.25) is 9.59 Å². The van der Waals surface area contributed by atoms with E-state index in [9.17, 15) is 9.59 Å². The van der Waals surface area contributed by atoms with Crippen molar-refractivity contribution < 1.29 is 14.3 Å². The van der Waals surface area contributed by atoms with E-state index in [2.05, 4.69) is 60.6 Å². The first-order chi connectivity index (χ1) is 28.1. The van der Waals surface area contributed by atoms with Gasteiger partial charge in [-0.05, 0) is 63.6 Å². The smallest absolute Gasteiger partial charge is 0.220 e. The van der Waals surface area contributed by atoms with Crippen LogP contribution in [0.25, 0.3) is 0 Å². The summed E-state index contributed by atoms with van der Waals surface area (Å²) in [6.45, 7) is 12.2. The molecule has 332 valence electrons. The van der Waals surface area contributed by atoms with Crippen molar-refractivity contribution in [1.29, 1.82) is 0 Å².